The smallest absolute Gasteiger partial charge is 0.223 e. The molecule has 1 amide bonds. The second-order valence-corrected chi connectivity index (χ2v) is 6.93. The van der Waals surface area contributed by atoms with Gasteiger partial charge in [0.25, 0.3) is 0 Å². The molecule has 0 aliphatic carbocycles. The molecule has 4 rings (SSSR count). The first-order valence-corrected chi connectivity index (χ1v) is 9.00. The number of hydrogen-bond acceptors (Lipinski definition) is 5. The van der Waals surface area contributed by atoms with Crippen LogP contribution >= 0.6 is 0 Å². The van der Waals surface area contributed by atoms with Crippen molar-refractivity contribution in [1.82, 2.24) is 15.0 Å². The van der Waals surface area contributed by atoms with E-state index in [4.69, 9.17) is 9.26 Å². The molecular weight excluding hydrogens is 318 g/mol. The van der Waals surface area contributed by atoms with Crippen LogP contribution < -0.4 is 4.74 Å². The Morgan fingerprint density at radius 3 is 3.04 bits per heavy atom. The monoisotopic (exact) mass is 341 g/mol. The van der Waals surface area contributed by atoms with Gasteiger partial charge in [-0.3, -0.25) is 4.79 Å². The summed E-state index contributed by atoms with van der Waals surface area (Å²) in [6.45, 7) is 3.98. The Balaban J connectivity index is 1.43. The molecule has 0 N–H and O–H groups in total. The molecule has 6 nitrogen and oxygen atoms in total. The molecule has 2 aromatic rings. The molecule has 1 aromatic carbocycles. The van der Waals surface area contributed by atoms with Gasteiger partial charge >= 0.3 is 0 Å². The van der Waals surface area contributed by atoms with Gasteiger partial charge in [0.15, 0.2) is 5.82 Å². The minimum absolute atomic E-state index is 0.178. The number of piperidine rings is 1. The molecule has 0 saturated carbocycles. The van der Waals surface area contributed by atoms with E-state index in [-0.39, 0.29) is 17.7 Å². The summed E-state index contributed by atoms with van der Waals surface area (Å²) >= 11 is 0. The largest absolute Gasteiger partial charge is 0.493 e. The van der Waals surface area contributed by atoms with Gasteiger partial charge in [-0.2, -0.15) is 4.98 Å². The molecule has 0 radical (unpaired) electrons. The number of carbonyl (C=O) groups excluding carboxylic acids is 1. The molecule has 2 atom stereocenters. The highest BCUT2D eigenvalue weighted by Gasteiger charge is 2.30. The number of aryl methyl sites for hydroxylation is 1. The van der Waals surface area contributed by atoms with Crippen molar-refractivity contribution in [1.29, 1.82) is 0 Å². The van der Waals surface area contributed by atoms with Gasteiger partial charge in [0.05, 0.1) is 6.61 Å². The summed E-state index contributed by atoms with van der Waals surface area (Å²) in [6, 6.07) is 8.06. The summed E-state index contributed by atoms with van der Waals surface area (Å²) < 4.78 is 10.8. The fourth-order valence-electron chi connectivity index (χ4n) is 3.86. The number of para-hydroxylation sites is 1. The van der Waals surface area contributed by atoms with Crippen molar-refractivity contribution < 1.29 is 14.1 Å². The predicted molar refractivity (Wildman–Crippen MR) is 91.5 cm³/mol. The Morgan fingerprint density at radius 1 is 1.32 bits per heavy atom. The lowest BCUT2D eigenvalue weighted by molar-refractivity contribution is -0.133. The van der Waals surface area contributed by atoms with Gasteiger partial charge in [0, 0.05) is 32.4 Å². The minimum Gasteiger partial charge on any atom is -0.493 e. The standard InChI is InChI=1S/C19H23N3O3/c1-13-20-19(21-25-13)15-5-4-9-22(12-15)18(23)11-14-8-10-24-17-7-3-2-6-16(14)17/h2-3,6-7,14-15H,4-5,8-12H2,1H3/t14-,15+/m1/s1. The summed E-state index contributed by atoms with van der Waals surface area (Å²) in [4.78, 5) is 19.2. The Labute approximate surface area is 147 Å². The summed E-state index contributed by atoms with van der Waals surface area (Å²) in [7, 11) is 0. The number of likely N-dealkylation sites (tertiary alicyclic amines) is 1. The third kappa shape index (κ3) is 3.38. The van der Waals surface area contributed by atoms with Crippen LogP contribution in [0, 0.1) is 6.92 Å². The Hall–Kier alpha value is -2.37. The van der Waals surface area contributed by atoms with Crippen LogP contribution in [0.3, 0.4) is 0 Å². The number of rotatable bonds is 3. The normalized spacial score (nSPS) is 23.0. The third-order valence-corrected chi connectivity index (χ3v) is 5.19. The molecule has 0 unspecified atom stereocenters. The van der Waals surface area contributed by atoms with Crippen molar-refractivity contribution in [3.8, 4) is 5.75 Å². The van der Waals surface area contributed by atoms with Crippen LogP contribution in [0.2, 0.25) is 0 Å². The second-order valence-electron chi connectivity index (χ2n) is 6.93. The SMILES string of the molecule is Cc1nc([C@H]2CCCN(C(=O)C[C@H]3CCOc4ccccc43)C2)no1. The van der Waals surface area contributed by atoms with Crippen LogP contribution in [0.1, 0.15) is 54.8 Å². The van der Waals surface area contributed by atoms with E-state index in [0.29, 0.717) is 25.5 Å². The number of nitrogens with zero attached hydrogens (tertiary/aromatic N) is 3. The Morgan fingerprint density at radius 2 is 2.20 bits per heavy atom. The quantitative estimate of drug-likeness (QED) is 0.858. The average Bonchev–Trinajstić information content (AvgIpc) is 3.09. The van der Waals surface area contributed by atoms with E-state index in [9.17, 15) is 4.79 Å². The number of fused-ring (bicyclic) bond motifs is 1. The minimum atomic E-state index is 0.178. The lowest BCUT2D eigenvalue weighted by Gasteiger charge is -2.33. The van der Waals surface area contributed by atoms with Gasteiger partial charge in [0.2, 0.25) is 11.8 Å². The summed E-state index contributed by atoms with van der Waals surface area (Å²) in [5.74, 6) is 2.86. The van der Waals surface area contributed by atoms with Crippen molar-refractivity contribution in [2.75, 3.05) is 19.7 Å². The molecule has 132 valence electrons. The van der Waals surface area contributed by atoms with E-state index in [2.05, 4.69) is 16.2 Å². The summed E-state index contributed by atoms with van der Waals surface area (Å²) in [5.41, 5.74) is 1.16. The maximum Gasteiger partial charge on any atom is 0.223 e. The van der Waals surface area contributed by atoms with E-state index in [1.165, 1.54) is 0 Å². The van der Waals surface area contributed by atoms with Crippen molar-refractivity contribution >= 4 is 5.91 Å². The van der Waals surface area contributed by atoms with Crippen LogP contribution in [0.15, 0.2) is 28.8 Å². The van der Waals surface area contributed by atoms with Crippen LogP contribution in [0.25, 0.3) is 0 Å². The van der Waals surface area contributed by atoms with E-state index in [1.807, 2.05) is 23.1 Å². The first-order valence-electron chi connectivity index (χ1n) is 9.00. The highest BCUT2D eigenvalue weighted by Crippen LogP contribution is 2.36. The maximum absolute atomic E-state index is 12.9. The zero-order valence-corrected chi connectivity index (χ0v) is 14.5. The summed E-state index contributed by atoms with van der Waals surface area (Å²) in [6.07, 6.45) is 3.42. The molecule has 2 aliphatic rings. The molecule has 3 heterocycles. The highest BCUT2D eigenvalue weighted by atomic mass is 16.5. The first kappa shape index (κ1) is 16.1. The lowest BCUT2D eigenvalue weighted by atomic mass is 9.89. The van der Waals surface area contributed by atoms with E-state index in [1.54, 1.807) is 6.92 Å². The lowest BCUT2D eigenvalue weighted by Crippen LogP contribution is -2.40. The van der Waals surface area contributed by atoms with Crippen molar-refractivity contribution in [3.05, 3.63) is 41.5 Å². The molecule has 0 bridgehead atoms. The molecule has 0 spiro atoms. The molecule has 1 aromatic heterocycles. The number of benzene rings is 1. The second kappa shape index (κ2) is 6.86. The highest BCUT2D eigenvalue weighted by molar-refractivity contribution is 5.77. The Kier molecular flexibility index (Phi) is 4.42. The van der Waals surface area contributed by atoms with E-state index >= 15 is 0 Å². The molecule has 6 heteroatoms. The maximum atomic E-state index is 12.9. The van der Waals surface area contributed by atoms with Crippen LogP contribution in [-0.4, -0.2) is 40.6 Å². The van der Waals surface area contributed by atoms with Gasteiger partial charge < -0.3 is 14.2 Å². The molecule has 1 fully saturated rings. The van der Waals surface area contributed by atoms with Crippen molar-refractivity contribution in [2.24, 2.45) is 0 Å². The van der Waals surface area contributed by atoms with Gasteiger partial charge in [-0.15, -0.1) is 0 Å². The summed E-state index contributed by atoms with van der Waals surface area (Å²) in [5, 5.41) is 4.04. The number of carbonyl (C=O) groups is 1. The first-order chi connectivity index (χ1) is 12.2. The predicted octanol–water partition coefficient (Wildman–Crippen LogP) is 3.04. The zero-order valence-electron chi connectivity index (χ0n) is 14.5. The number of aromatic nitrogens is 2. The van der Waals surface area contributed by atoms with Gasteiger partial charge in [-0.25, -0.2) is 0 Å². The Bertz CT molecular complexity index is 758. The van der Waals surface area contributed by atoms with Gasteiger partial charge in [-0.05, 0) is 36.8 Å². The van der Waals surface area contributed by atoms with Gasteiger partial charge in [-0.1, -0.05) is 23.4 Å². The van der Waals surface area contributed by atoms with E-state index < -0.39 is 0 Å². The molecule has 2 aliphatic heterocycles. The fraction of sp³-hybridized carbons (Fsp3) is 0.526. The number of ether oxygens (including phenoxy) is 1. The molecule has 25 heavy (non-hydrogen) atoms. The average molecular weight is 341 g/mol. The van der Waals surface area contributed by atoms with Crippen molar-refractivity contribution in [3.63, 3.8) is 0 Å². The molecule has 1 saturated heterocycles. The van der Waals surface area contributed by atoms with Gasteiger partial charge in [0.1, 0.15) is 5.75 Å². The zero-order chi connectivity index (χ0) is 17.2. The third-order valence-electron chi connectivity index (χ3n) is 5.19. The topological polar surface area (TPSA) is 68.5 Å². The fourth-order valence-corrected chi connectivity index (χ4v) is 3.86. The molecular formula is C19H23N3O3. The number of hydrogen-bond donors (Lipinski definition) is 0. The van der Waals surface area contributed by atoms with Crippen molar-refractivity contribution in [2.45, 2.75) is 44.4 Å². The van der Waals surface area contributed by atoms with Crippen LogP contribution in [-0.2, 0) is 4.79 Å². The van der Waals surface area contributed by atoms with Crippen LogP contribution in [0.5, 0.6) is 5.75 Å². The van der Waals surface area contributed by atoms with Crippen LogP contribution in [0.4, 0.5) is 0 Å². The van der Waals surface area contributed by atoms with E-state index in [0.717, 1.165) is 42.9 Å². The number of amides is 1.